The molecule has 0 radical (unpaired) electrons. The summed E-state index contributed by atoms with van der Waals surface area (Å²) in [5.74, 6) is 0. The summed E-state index contributed by atoms with van der Waals surface area (Å²) in [6.45, 7) is 4.00. The number of nitrogen functional groups attached to an aromatic ring is 1. The highest BCUT2D eigenvalue weighted by atomic mass is 19.4. The molecule has 1 heterocycles. The van der Waals surface area contributed by atoms with Crippen LogP contribution in [0, 0.1) is 0 Å². The number of anilines is 3. The Labute approximate surface area is 138 Å². The molecule has 0 saturated carbocycles. The third kappa shape index (κ3) is 3.76. The van der Waals surface area contributed by atoms with Gasteiger partial charge in [0.2, 0.25) is 0 Å². The van der Waals surface area contributed by atoms with Crippen molar-refractivity contribution in [2.45, 2.75) is 20.0 Å². The van der Waals surface area contributed by atoms with E-state index in [0.717, 1.165) is 17.5 Å². The molecule has 24 heavy (non-hydrogen) atoms. The number of nitrogens with one attached hydrogen (secondary N) is 1. The van der Waals surface area contributed by atoms with E-state index in [1.54, 1.807) is 30.5 Å². The molecule has 0 bridgehead atoms. The highest BCUT2D eigenvalue weighted by molar-refractivity contribution is 5.98. The van der Waals surface area contributed by atoms with Crippen LogP contribution in [-0.4, -0.2) is 4.98 Å². The molecule has 0 spiro atoms. The van der Waals surface area contributed by atoms with Crippen molar-refractivity contribution in [3.63, 3.8) is 0 Å². The number of benzene rings is 2. The number of para-hydroxylation sites is 1. The smallest absolute Gasteiger partial charge is 0.397 e. The lowest BCUT2D eigenvalue weighted by molar-refractivity contribution is -0.137. The predicted molar refractivity (Wildman–Crippen MR) is 92.2 cm³/mol. The van der Waals surface area contributed by atoms with Gasteiger partial charge < -0.3 is 11.1 Å². The Morgan fingerprint density at radius 1 is 1.00 bits per heavy atom. The van der Waals surface area contributed by atoms with Crippen molar-refractivity contribution >= 4 is 28.0 Å². The zero-order valence-corrected chi connectivity index (χ0v) is 13.4. The normalized spacial score (nSPS) is 10.9. The molecule has 0 aliphatic rings. The minimum atomic E-state index is -4.37. The summed E-state index contributed by atoms with van der Waals surface area (Å²) in [7, 11) is 0. The largest absolute Gasteiger partial charge is 0.416 e. The van der Waals surface area contributed by atoms with Crippen LogP contribution in [0.3, 0.4) is 0 Å². The molecule has 0 aliphatic carbocycles. The van der Waals surface area contributed by atoms with E-state index in [4.69, 9.17) is 5.73 Å². The minimum absolute atomic E-state index is 0.352. The van der Waals surface area contributed by atoms with Gasteiger partial charge in [0.15, 0.2) is 0 Å². The maximum absolute atomic E-state index is 12.8. The molecule has 0 unspecified atom stereocenters. The molecule has 126 valence electrons. The van der Waals surface area contributed by atoms with Crippen LogP contribution < -0.4 is 11.1 Å². The summed E-state index contributed by atoms with van der Waals surface area (Å²) in [5.41, 5.74) is 7.29. The summed E-state index contributed by atoms with van der Waals surface area (Å²) in [6.07, 6.45) is -2.81. The van der Waals surface area contributed by atoms with E-state index in [-0.39, 0.29) is 0 Å². The third-order valence-corrected chi connectivity index (χ3v) is 3.27. The fraction of sp³-hybridized carbons (Fsp3) is 0.167. The van der Waals surface area contributed by atoms with Crippen molar-refractivity contribution < 1.29 is 13.2 Å². The number of nitrogens with zero attached hydrogens (tertiary/aromatic N) is 1. The van der Waals surface area contributed by atoms with E-state index >= 15 is 0 Å². The van der Waals surface area contributed by atoms with Gasteiger partial charge in [0.25, 0.3) is 0 Å². The monoisotopic (exact) mass is 333 g/mol. The number of hydrogen-bond donors (Lipinski definition) is 2. The zero-order valence-electron chi connectivity index (χ0n) is 13.4. The fourth-order valence-electron chi connectivity index (χ4n) is 2.24. The third-order valence-electron chi connectivity index (χ3n) is 3.27. The quantitative estimate of drug-likeness (QED) is 0.600. The first-order valence-electron chi connectivity index (χ1n) is 7.52. The van der Waals surface area contributed by atoms with Gasteiger partial charge in [-0.15, -0.1) is 0 Å². The van der Waals surface area contributed by atoms with Crippen molar-refractivity contribution in [3.05, 3.63) is 60.3 Å². The van der Waals surface area contributed by atoms with Crippen LogP contribution in [0.1, 0.15) is 19.4 Å². The molecular weight excluding hydrogens is 315 g/mol. The number of rotatable bonds is 2. The Morgan fingerprint density at radius 2 is 1.71 bits per heavy atom. The number of halogens is 3. The summed E-state index contributed by atoms with van der Waals surface area (Å²) in [4.78, 5) is 4.19. The second-order valence-electron chi connectivity index (χ2n) is 4.81. The van der Waals surface area contributed by atoms with Crippen LogP contribution in [-0.2, 0) is 6.18 Å². The topological polar surface area (TPSA) is 50.9 Å². The van der Waals surface area contributed by atoms with Gasteiger partial charge in [-0.2, -0.15) is 13.2 Å². The maximum Gasteiger partial charge on any atom is 0.416 e. The first-order valence-corrected chi connectivity index (χ1v) is 7.52. The number of nitrogens with two attached hydrogens (primary N) is 1. The van der Waals surface area contributed by atoms with Crippen LogP contribution in [0.4, 0.5) is 30.2 Å². The lowest BCUT2D eigenvalue weighted by atomic mass is 10.1. The Morgan fingerprint density at radius 3 is 2.42 bits per heavy atom. The van der Waals surface area contributed by atoms with Crippen LogP contribution in [0.5, 0.6) is 0 Å². The molecule has 0 aliphatic heterocycles. The molecule has 3 aromatic rings. The number of fused-ring (bicyclic) bond motifs is 1. The lowest BCUT2D eigenvalue weighted by Gasteiger charge is -2.12. The van der Waals surface area contributed by atoms with Gasteiger partial charge in [0.1, 0.15) is 0 Å². The van der Waals surface area contributed by atoms with Crippen LogP contribution in [0.2, 0.25) is 0 Å². The van der Waals surface area contributed by atoms with E-state index in [9.17, 15) is 13.2 Å². The highest BCUT2D eigenvalue weighted by Gasteiger charge is 2.30. The first-order chi connectivity index (χ1) is 11.4. The molecule has 3 nitrogen and oxygen atoms in total. The number of pyridine rings is 1. The van der Waals surface area contributed by atoms with Crippen LogP contribution in [0.25, 0.3) is 10.9 Å². The van der Waals surface area contributed by atoms with Gasteiger partial charge in [-0.05, 0) is 30.3 Å². The summed E-state index contributed by atoms with van der Waals surface area (Å²) >= 11 is 0. The Hall–Kier alpha value is -2.76. The molecule has 0 saturated heterocycles. The van der Waals surface area contributed by atoms with Gasteiger partial charge in [0.05, 0.1) is 16.8 Å². The second kappa shape index (κ2) is 7.21. The van der Waals surface area contributed by atoms with Gasteiger partial charge in [-0.1, -0.05) is 32.0 Å². The van der Waals surface area contributed by atoms with E-state index in [2.05, 4.69) is 10.3 Å². The van der Waals surface area contributed by atoms with Crippen molar-refractivity contribution in [2.75, 3.05) is 11.1 Å². The Balaban J connectivity index is 0.00000100. The molecule has 0 amide bonds. The van der Waals surface area contributed by atoms with Crippen LogP contribution >= 0.6 is 0 Å². The van der Waals surface area contributed by atoms with E-state index in [0.29, 0.717) is 22.6 Å². The minimum Gasteiger partial charge on any atom is -0.397 e. The summed E-state index contributed by atoms with van der Waals surface area (Å²) in [5, 5.41) is 3.74. The SMILES string of the molecule is CC.Nc1cccc2c(Nc3cccc(C(F)(F)F)c3)ccnc12. The van der Waals surface area contributed by atoms with Crippen LogP contribution in [0.15, 0.2) is 54.7 Å². The average Bonchev–Trinajstić information content (AvgIpc) is 2.57. The van der Waals surface area contributed by atoms with Crippen molar-refractivity contribution in [3.8, 4) is 0 Å². The van der Waals surface area contributed by atoms with Gasteiger partial charge >= 0.3 is 6.18 Å². The molecule has 1 aromatic heterocycles. The molecule has 6 heteroatoms. The summed E-state index contributed by atoms with van der Waals surface area (Å²) in [6, 6.07) is 12.1. The predicted octanol–water partition coefficient (Wildman–Crippen LogP) is 5.61. The van der Waals surface area contributed by atoms with Gasteiger partial charge in [0, 0.05) is 23.0 Å². The number of aromatic nitrogens is 1. The second-order valence-corrected chi connectivity index (χ2v) is 4.81. The van der Waals surface area contributed by atoms with Gasteiger partial charge in [-0.25, -0.2) is 0 Å². The molecule has 3 rings (SSSR count). The van der Waals surface area contributed by atoms with E-state index in [1.807, 2.05) is 19.9 Å². The first kappa shape index (κ1) is 17.6. The standard InChI is InChI=1S/C16H12F3N3.C2H6/c17-16(18,19)10-3-1-4-11(9-10)22-14-7-8-21-15-12(14)5-2-6-13(15)20;1-2/h1-9H,20H2,(H,21,22);1-2H3. The number of alkyl halides is 3. The summed E-state index contributed by atoms with van der Waals surface area (Å²) < 4.78 is 38.3. The Bertz CT molecular complexity index is 829. The fourth-order valence-corrected chi connectivity index (χ4v) is 2.24. The Kier molecular flexibility index (Phi) is 5.28. The van der Waals surface area contributed by atoms with E-state index < -0.39 is 11.7 Å². The molecule has 3 N–H and O–H groups in total. The highest BCUT2D eigenvalue weighted by Crippen LogP contribution is 2.33. The molecule has 2 aromatic carbocycles. The lowest BCUT2D eigenvalue weighted by Crippen LogP contribution is -2.05. The number of hydrogen-bond acceptors (Lipinski definition) is 3. The molecular formula is C18H18F3N3. The molecule has 0 atom stereocenters. The van der Waals surface area contributed by atoms with Crippen molar-refractivity contribution in [2.24, 2.45) is 0 Å². The van der Waals surface area contributed by atoms with Gasteiger partial charge in [-0.3, -0.25) is 4.98 Å². The van der Waals surface area contributed by atoms with Crippen molar-refractivity contribution in [1.29, 1.82) is 0 Å². The van der Waals surface area contributed by atoms with Crippen molar-refractivity contribution in [1.82, 2.24) is 4.98 Å². The van der Waals surface area contributed by atoms with E-state index in [1.165, 1.54) is 6.07 Å². The average molecular weight is 333 g/mol. The zero-order chi connectivity index (χ0) is 17.7. The maximum atomic E-state index is 12.8. The molecule has 0 fully saturated rings.